The Bertz CT molecular complexity index is 824. The van der Waals surface area contributed by atoms with Gasteiger partial charge in [0.1, 0.15) is 10.9 Å². The zero-order valence-electron chi connectivity index (χ0n) is 15.4. The molecule has 0 aromatic heterocycles. The third kappa shape index (κ3) is 5.70. The number of amides is 2. The minimum Gasteiger partial charge on any atom is -0.493 e. The number of nitrogens with one attached hydrogen (secondary N) is 1. The molecule has 0 saturated carbocycles. The molecule has 8 nitrogen and oxygen atoms in total. The van der Waals surface area contributed by atoms with Crippen LogP contribution in [0.25, 0.3) is 6.08 Å². The van der Waals surface area contributed by atoms with Gasteiger partial charge in [0.15, 0.2) is 11.5 Å². The number of carboxylic acid groups (broad SMARTS) is 1. The summed E-state index contributed by atoms with van der Waals surface area (Å²) >= 11 is 6.38. The van der Waals surface area contributed by atoms with Crippen molar-refractivity contribution in [3.63, 3.8) is 0 Å². The zero-order valence-corrected chi connectivity index (χ0v) is 17.0. The first-order chi connectivity index (χ1) is 13.3. The lowest BCUT2D eigenvalue weighted by molar-refractivity contribution is -0.138. The highest BCUT2D eigenvalue weighted by Crippen LogP contribution is 2.34. The summed E-state index contributed by atoms with van der Waals surface area (Å²) in [6, 6.07) is 5.33. The van der Waals surface area contributed by atoms with E-state index in [0.29, 0.717) is 27.3 Å². The van der Waals surface area contributed by atoms with Crippen molar-refractivity contribution in [2.75, 3.05) is 26.8 Å². The number of carboxylic acids is 1. The number of thioether (sulfide) groups is 1. The lowest BCUT2D eigenvalue weighted by Gasteiger charge is -2.13. The number of carbonyl (C=O) groups excluding carboxylic acids is 2. The Labute approximate surface area is 171 Å². The van der Waals surface area contributed by atoms with E-state index in [1.807, 2.05) is 6.92 Å². The van der Waals surface area contributed by atoms with Gasteiger partial charge in [-0.3, -0.25) is 19.3 Å². The van der Waals surface area contributed by atoms with Gasteiger partial charge in [-0.1, -0.05) is 30.0 Å². The van der Waals surface area contributed by atoms with Gasteiger partial charge in [0.2, 0.25) is 5.91 Å². The van der Waals surface area contributed by atoms with Gasteiger partial charge in [-0.05, 0) is 30.7 Å². The summed E-state index contributed by atoms with van der Waals surface area (Å²) in [5.74, 6) is -0.721. The summed E-state index contributed by atoms with van der Waals surface area (Å²) < 4.78 is 11.1. The Morgan fingerprint density at radius 2 is 2.11 bits per heavy atom. The van der Waals surface area contributed by atoms with E-state index in [-0.39, 0.29) is 18.9 Å². The quantitative estimate of drug-likeness (QED) is 0.457. The van der Waals surface area contributed by atoms with Crippen LogP contribution in [0.4, 0.5) is 0 Å². The molecule has 1 aromatic carbocycles. The number of nitrogens with zero attached hydrogens (tertiary/aromatic N) is 1. The summed E-state index contributed by atoms with van der Waals surface area (Å²) in [4.78, 5) is 36.5. The lowest BCUT2D eigenvalue weighted by atomic mass is 10.2. The maximum atomic E-state index is 12.6. The zero-order chi connectivity index (χ0) is 20.7. The Morgan fingerprint density at radius 1 is 1.36 bits per heavy atom. The second-order valence-electron chi connectivity index (χ2n) is 5.60. The molecule has 0 spiro atoms. The average Bonchev–Trinajstić information content (AvgIpc) is 2.92. The van der Waals surface area contributed by atoms with Gasteiger partial charge in [-0.2, -0.15) is 0 Å². The van der Waals surface area contributed by atoms with Gasteiger partial charge in [0.25, 0.3) is 5.91 Å². The predicted molar refractivity (Wildman–Crippen MR) is 109 cm³/mol. The van der Waals surface area contributed by atoms with Crippen LogP contribution in [0.3, 0.4) is 0 Å². The van der Waals surface area contributed by atoms with Crippen LogP contribution in [-0.2, 0) is 14.4 Å². The smallest absolute Gasteiger partial charge is 0.322 e. The third-order valence-electron chi connectivity index (χ3n) is 3.66. The summed E-state index contributed by atoms with van der Waals surface area (Å²) in [6.07, 6.45) is 1.66. The van der Waals surface area contributed by atoms with Crippen LogP contribution in [0.1, 0.15) is 18.9 Å². The van der Waals surface area contributed by atoms with Crippen LogP contribution in [-0.4, -0.2) is 58.9 Å². The van der Waals surface area contributed by atoms with Crippen molar-refractivity contribution in [3.8, 4) is 11.5 Å². The first-order valence-electron chi connectivity index (χ1n) is 8.40. The van der Waals surface area contributed by atoms with Gasteiger partial charge >= 0.3 is 5.97 Å². The number of rotatable bonds is 9. The standard InChI is InChI=1S/C18H20N2O6S2/c1-3-26-12-5-4-11(8-13(12)25-2)9-14-17(24)20(18(27)28-14)7-6-15(21)19-10-16(22)23/h4-5,8-9H,3,6-7,10H2,1-2H3,(H,19,21)(H,22,23)/b14-9+. The van der Waals surface area contributed by atoms with Crippen molar-refractivity contribution in [2.24, 2.45) is 0 Å². The molecule has 0 aliphatic carbocycles. The highest BCUT2D eigenvalue weighted by Gasteiger charge is 2.32. The number of benzene rings is 1. The Balaban J connectivity index is 2.06. The molecule has 150 valence electrons. The molecular formula is C18H20N2O6S2. The second kappa shape index (κ2) is 10.1. The molecule has 1 fully saturated rings. The fourth-order valence-electron chi connectivity index (χ4n) is 2.37. The van der Waals surface area contributed by atoms with Crippen molar-refractivity contribution in [3.05, 3.63) is 28.7 Å². The van der Waals surface area contributed by atoms with Crippen molar-refractivity contribution < 1.29 is 29.0 Å². The Kier molecular flexibility index (Phi) is 7.82. The van der Waals surface area contributed by atoms with E-state index in [9.17, 15) is 14.4 Å². The van der Waals surface area contributed by atoms with E-state index in [2.05, 4.69) is 5.32 Å². The van der Waals surface area contributed by atoms with Gasteiger partial charge in [0, 0.05) is 13.0 Å². The molecule has 0 bridgehead atoms. The van der Waals surface area contributed by atoms with E-state index in [1.165, 1.54) is 12.0 Å². The van der Waals surface area contributed by atoms with E-state index >= 15 is 0 Å². The molecule has 1 saturated heterocycles. The second-order valence-corrected chi connectivity index (χ2v) is 7.27. The molecule has 10 heteroatoms. The molecule has 1 aliphatic rings. The fraction of sp³-hybridized carbons (Fsp3) is 0.333. The normalized spacial score (nSPS) is 15.1. The largest absolute Gasteiger partial charge is 0.493 e. The molecule has 1 aromatic rings. The molecule has 0 radical (unpaired) electrons. The first-order valence-corrected chi connectivity index (χ1v) is 9.62. The van der Waals surface area contributed by atoms with Crippen LogP contribution < -0.4 is 14.8 Å². The van der Waals surface area contributed by atoms with Gasteiger partial charge in [0.05, 0.1) is 18.6 Å². The summed E-state index contributed by atoms with van der Waals surface area (Å²) in [5.41, 5.74) is 0.750. The lowest BCUT2D eigenvalue weighted by Crippen LogP contribution is -2.35. The Hall–Kier alpha value is -2.59. The number of aliphatic carboxylic acids is 1. The van der Waals surface area contributed by atoms with Crippen molar-refractivity contribution in [1.82, 2.24) is 10.2 Å². The summed E-state index contributed by atoms with van der Waals surface area (Å²) in [6.45, 7) is 2.01. The topological polar surface area (TPSA) is 105 Å². The highest BCUT2D eigenvalue weighted by molar-refractivity contribution is 8.26. The maximum Gasteiger partial charge on any atom is 0.322 e. The molecule has 2 amide bonds. The van der Waals surface area contributed by atoms with Crippen LogP contribution in [0.2, 0.25) is 0 Å². The number of methoxy groups -OCH3 is 1. The molecule has 2 rings (SSSR count). The van der Waals surface area contributed by atoms with Crippen LogP contribution >= 0.6 is 24.0 Å². The van der Waals surface area contributed by atoms with Gasteiger partial charge in [-0.25, -0.2) is 0 Å². The number of thiocarbonyl (C=S) groups is 1. The molecule has 0 unspecified atom stereocenters. The Morgan fingerprint density at radius 3 is 2.75 bits per heavy atom. The average molecular weight is 425 g/mol. The molecule has 2 N–H and O–H groups in total. The molecule has 28 heavy (non-hydrogen) atoms. The molecular weight excluding hydrogens is 404 g/mol. The van der Waals surface area contributed by atoms with Crippen LogP contribution in [0.15, 0.2) is 23.1 Å². The maximum absolute atomic E-state index is 12.6. The van der Waals surface area contributed by atoms with E-state index in [0.717, 1.165) is 17.3 Å². The summed E-state index contributed by atoms with van der Waals surface area (Å²) in [7, 11) is 1.54. The monoisotopic (exact) mass is 424 g/mol. The van der Waals surface area contributed by atoms with Crippen LogP contribution in [0.5, 0.6) is 11.5 Å². The first kappa shape index (κ1) is 21.7. The number of hydrogen-bond acceptors (Lipinski definition) is 7. The third-order valence-corrected chi connectivity index (χ3v) is 5.04. The van der Waals surface area contributed by atoms with Crippen LogP contribution in [0, 0.1) is 0 Å². The number of carbonyl (C=O) groups is 3. The predicted octanol–water partition coefficient (Wildman–Crippen LogP) is 1.89. The minimum atomic E-state index is -1.13. The fourth-order valence-corrected chi connectivity index (χ4v) is 3.68. The summed E-state index contributed by atoms with van der Waals surface area (Å²) in [5, 5.41) is 10.8. The van der Waals surface area contributed by atoms with Gasteiger partial charge in [-0.15, -0.1) is 0 Å². The SMILES string of the molecule is CCOc1ccc(/C=C2/SC(=S)N(CCC(=O)NCC(=O)O)C2=O)cc1OC. The van der Waals surface area contributed by atoms with Crippen molar-refractivity contribution >= 4 is 52.2 Å². The van der Waals surface area contributed by atoms with E-state index in [4.69, 9.17) is 26.8 Å². The number of hydrogen-bond donors (Lipinski definition) is 2. The molecule has 1 aliphatic heterocycles. The minimum absolute atomic E-state index is 0.0378. The van der Waals surface area contributed by atoms with Crippen molar-refractivity contribution in [2.45, 2.75) is 13.3 Å². The van der Waals surface area contributed by atoms with Crippen molar-refractivity contribution in [1.29, 1.82) is 0 Å². The highest BCUT2D eigenvalue weighted by atomic mass is 32.2. The van der Waals surface area contributed by atoms with Gasteiger partial charge < -0.3 is 19.9 Å². The van der Waals surface area contributed by atoms with E-state index in [1.54, 1.807) is 24.3 Å². The molecule has 0 atom stereocenters. The molecule has 1 heterocycles. The van der Waals surface area contributed by atoms with E-state index < -0.39 is 18.4 Å². The number of ether oxygens (including phenoxy) is 2.